The molecule has 1 saturated heterocycles. The quantitative estimate of drug-likeness (QED) is 0.316. The Balaban J connectivity index is 1.26. The van der Waals surface area contributed by atoms with E-state index in [4.69, 9.17) is 26.1 Å². The topological polar surface area (TPSA) is 89.8 Å². The van der Waals surface area contributed by atoms with Gasteiger partial charge in [0.25, 0.3) is 11.5 Å². The SMILES string of the molecule is CCOc1ccccc1-n1c(CCN2CCN(C(=O)COc3ccc(Cl)cc3)CC2)nc2ccncc2c1=O. The number of ether oxygens (including phenoxy) is 2. The molecule has 0 spiro atoms. The minimum atomic E-state index is -0.175. The van der Waals surface area contributed by atoms with Gasteiger partial charge in [0.15, 0.2) is 6.61 Å². The van der Waals surface area contributed by atoms with Gasteiger partial charge >= 0.3 is 0 Å². The molecule has 1 fully saturated rings. The molecular weight excluding hydrogens is 518 g/mol. The lowest BCUT2D eigenvalue weighted by Gasteiger charge is -2.34. The molecule has 1 aliphatic rings. The maximum Gasteiger partial charge on any atom is 0.267 e. The van der Waals surface area contributed by atoms with Gasteiger partial charge < -0.3 is 14.4 Å². The van der Waals surface area contributed by atoms with Crippen LogP contribution in [0.3, 0.4) is 0 Å². The molecule has 202 valence electrons. The molecule has 0 unspecified atom stereocenters. The summed E-state index contributed by atoms with van der Waals surface area (Å²) < 4.78 is 13.1. The van der Waals surface area contributed by atoms with Gasteiger partial charge in [-0.1, -0.05) is 23.7 Å². The van der Waals surface area contributed by atoms with Crippen LogP contribution in [0.1, 0.15) is 12.7 Å². The lowest BCUT2D eigenvalue weighted by atomic mass is 10.2. The third kappa shape index (κ3) is 6.21. The van der Waals surface area contributed by atoms with Crippen LogP contribution in [0.2, 0.25) is 5.02 Å². The minimum Gasteiger partial charge on any atom is -0.492 e. The average molecular weight is 548 g/mol. The smallest absolute Gasteiger partial charge is 0.267 e. The summed E-state index contributed by atoms with van der Waals surface area (Å²) in [4.78, 5) is 39.4. The largest absolute Gasteiger partial charge is 0.492 e. The molecule has 3 heterocycles. The molecule has 10 heteroatoms. The predicted molar refractivity (Wildman–Crippen MR) is 150 cm³/mol. The average Bonchev–Trinajstić information content (AvgIpc) is 2.97. The number of para-hydroxylation sites is 2. The van der Waals surface area contributed by atoms with E-state index in [1.54, 1.807) is 47.3 Å². The molecule has 0 N–H and O–H groups in total. The Morgan fingerprint density at radius 3 is 2.54 bits per heavy atom. The van der Waals surface area contributed by atoms with E-state index < -0.39 is 0 Å². The highest BCUT2D eigenvalue weighted by Gasteiger charge is 2.23. The summed E-state index contributed by atoms with van der Waals surface area (Å²) in [6.45, 7) is 5.76. The molecule has 0 aliphatic carbocycles. The maximum atomic E-state index is 13.6. The highest BCUT2D eigenvalue weighted by Crippen LogP contribution is 2.24. The molecule has 2 aromatic carbocycles. The van der Waals surface area contributed by atoms with Gasteiger partial charge in [-0.25, -0.2) is 4.98 Å². The van der Waals surface area contributed by atoms with E-state index in [2.05, 4.69) is 9.88 Å². The first-order chi connectivity index (χ1) is 19.0. The van der Waals surface area contributed by atoms with E-state index in [1.807, 2.05) is 36.1 Å². The summed E-state index contributed by atoms with van der Waals surface area (Å²) in [5.74, 6) is 1.85. The van der Waals surface area contributed by atoms with Crippen molar-refractivity contribution in [1.29, 1.82) is 0 Å². The summed E-state index contributed by atoms with van der Waals surface area (Å²) in [6, 6.07) is 16.2. The summed E-state index contributed by atoms with van der Waals surface area (Å²) in [7, 11) is 0. The molecule has 5 rings (SSSR count). The Hall–Kier alpha value is -3.95. The fraction of sp³-hybridized carbons (Fsp3) is 0.310. The molecule has 39 heavy (non-hydrogen) atoms. The highest BCUT2D eigenvalue weighted by molar-refractivity contribution is 6.30. The van der Waals surface area contributed by atoms with Crippen molar-refractivity contribution < 1.29 is 14.3 Å². The predicted octanol–water partition coefficient (Wildman–Crippen LogP) is 3.60. The molecule has 2 aromatic heterocycles. The number of pyridine rings is 1. The van der Waals surface area contributed by atoms with Gasteiger partial charge in [-0.15, -0.1) is 0 Å². The van der Waals surface area contributed by atoms with Gasteiger partial charge in [0.05, 0.1) is 23.2 Å². The van der Waals surface area contributed by atoms with Crippen molar-refractivity contribution in [3.8, 4) is 17.2 Å². The zero-order valence-electron chi connectivity index (χ0n) is 21.8. The first-order valence-electron chi connectivity index (χ1n) is 13.0. The lowest BCUT2D eigenvalue weighted by Crippen LogP contribution is -2.50. The number of amides is 1. The van der Waals surface area contributed by atoms with Crippen LogP contribution in [-0.4, -0.2) is 76.2 Å². The second-order valence-electron chi connectivity index (χ2n) is 9.18. The highest BCUT2D eigenvalue weighted by atomic mass is 35.5. The summed E-state index contributed by atoms with van der Waals surface area (Å²) >= 11 is 5.90. The number of carbonyl (C=O) groups excluding carboxylic acids is 1. The molecule has 0 atom stereocenters. The lowest BCUT2D eigenvalue weighted by molar-refractivity contribution is -0.135. The van der Waals surface area contributed by atoms with Crippen LogP contribution in [0, 0.1) is 0 Å². The zero-order valence-corrected chi connectivity index (χ0v) is 22.5. The minimum absolute atomic E-state index is 0.0109. The zero-order chi connectivity index (χ0) is 27.2. The first kappa shape index (κ1) is 26.6. The van der Waals surface area contributed by atoms with Crippen molar-refractivity contribution in [3.63, 3.8) is 0 Å². The number of nitrogens with zero attached hydrogens (tertiary/aromatic N) is 5. The van der Waals surface area contributed by atoms with E-state index in [1.165, 1.54) is 0 Å². The van der Waals surface area contributed by atoms with Gasteiger partial charge in [0, 0.05) is 56.6 Å². The van der Waals surface area contributed by atoms with Crippen LogP contribution in [0.4, 0.5) is 0 Å². The van der Waals surface area contributed by atoms with Crippen LogP contribution in [0.25, 0.3) is 16.6 Å². The van der Waals surface area contributed by atoms with Crippen LogP contribution < -0.4 is 15.0 Å². The number of fused-ring (bicyclic) bond motifs is 1. The molecular formula is C29H30ClN5O4. The van der Waals surface area contributed by atoms with Gasteiger partial charge in [0.1, 0.15) is 17.3 Å². The van der Waals surface area contributed by atoms with E-state index in [0.717, 1.165) is 13.1 Å². The second-order valence-corrected chi connectivity index (χ2v) is 9.61. The van der Waals surface area contributed by atoms with E-state index in [-0.39, 0.29) is 18.1 Å². The molecule has 0 radical (unpaired) electrons. The van der Waals surface area contributed by atoms with Crippen molar-refractivity contribution in [2.24, 2.45) is 0 Å². The number of rotatable bonds is 9. The Kier molecular flexibility index (Phi) is 8.39. The van der Waals surface area contributed by atoms with Gasteiger partial charge in [0.2, 0.25) is 0 Å². The molecule has 1 amide bonds. The number of carbonyl (C=O) groups is 1. The Bertz CT molecular complexity index is 1500. The molecule has 9 nitrogen and oxygen atoms in total. The summed E-state index contributed by atoms with van der Waals surface area (Å²) in [6.07, 6.45) is 3.76. The van der Waals surface area contributed by atoms with Gasteiger partial charge in [-0.2, -0.15) is 0 Å². The van der Waals surface area contributed by atoms with Crippen LogP contribution in [0.15, 0.2) is 71.8 Å². The Labute approximate surface area is 231 Å². The standard InChI is InChI=1S/C29H30ClN5O4/c1-2-38-26-6-4-3-5-25(26)35-27(32-24-11-13-31-19-23(24)29(35)37)12-14-33-15-17-34(18-16-33)28(36)20-39-22-9-7-21(30)8-10-22/h3-11,13,19H,2,12,14-18,20H2,1H3. The van der Waals surface area contributed by atoms with Crippen LogP contribution in [-0.2, 0) is 11.2 Å². The van der Waals surface area contributed by atoms with E-state index >= 15 is 0 Å². The Morgan fingerprint density at radius 1 is 1.00 bits per heavy atom. The fourth-order valence-electron chi connectivity index (χ4n) is 4.66. The van der Waals surface area contributed by atoms with Gasteiger partial charge in [-0.05, 0) is 49.4 Å². The Morgan fingerprint density at radius 2 is 1.77 bits per heavy atom. The molecule has 1 aliphatic heterocycles. The maximum absolute atomic E-state index is 13.6. The second kappa shape index (κ2) is 12.3. The molecule has 0 bridgehead atoms. The number of hydrogen-bond donors (Lipinski definition) is 0. The van der Waals surface area contributed by atoms with Crippen molar-refractivity contribution >= 4 is 28.4 Å². The van der Waals surface area contributed by atoms with Crippen LogP contribution in [0.5, 0.6) is 11.5 Å². The monoisotopic (exact) mass is 547 g/mol. The van der Waals surface area contributed by atoms with E-state index in [9.17, 15) is 9.59 Å². The fourth-order valence-corrected chi connectivity index (χ4v) is 4.78. The number of hydrogen-bond acceptors (Lipinski definition) is 7. The van der Waals surface area contributed by atoms with Crippen molar-refractivity contribution in [3.05, 3.63) is 88.2 Å². The normalized spacial score (nSPS) is 13.9. The number of benzene rings is 2. The van der Waals surface area contributed by atoms with E-state index in [0.29, 0.717) is 71.6 Å². The van der Waals surface area contributed by atoms with Crippen molar-refractivity contribution in [2.45, 2.75) is 13.3 Å². The summed E-state index contributed by atoms with van der Waals surface area (Å²) in [5, 5.41) is 1.08. The third-order valence-electron chi connectivity index (χ3n) is 6.70. The first-order valence-corrected chi connectivity index (χ1v) is 13.4. The number of aromatic nitrogens is 3. The molecule has 4 aromatic rings. The van der Waals surface area contributed by atoms with Crippen molar-refractivity contribution in [1.82, 2.24) is 24.3 Å². The third-order valence-corrected chi connectivity index (χ3v) is 6.95. The van der Waals surface area contributed by atoms with Crippen LogP contribution >= 0.6 is 11.6 Å². The van der Waals surface area contributed by atoms with Crippen molar-refractivity contribution in [2.75, 3.05) is 45.9 Å². The summed E-state index contributed by atoms with van der Waals surface area (Å²) in [5.41, 5.74) is 1.10. The number of piperazine rings is 1. The molecule has 0 saturated carbocycles. The van der Waals surface area contributed by atoms with Gasteiger partial charge in [-0.3, -0.25) is 24.0 Å². The number of halogens is 1.